The van der Waals surface area contributed by atoms with E-state index in [-0.39, 0.29) is 0 Å². The summed E-state index contributed by atoms with van der Waals surface area (Å²) in [6.07, 6.45) is 7.72. The SMILES string of the molecule is CCC(C/C=C1/c2ccccc2Oc2c(C(N)=O)cccc21)N(CC)Cc1ccoc1. The van der Waals surface area contributed by atoms with Gasteiger partial charge in [-0.05, 0) is 43.2 Å². The Hall–Kier alpha value is -3.31. The average molecular weight is 417 g/mol. The van der Waals surface area contributed by atoms with Crippen molar-refractivity contribution in [2.24, 2.45) is 5.73 Å². The number of hydrogen-bond donors (Lipinski definition) is 1. The molecule has 1 aliphatic rings. The van der Waals surface area contributed by atoms with E-state index in [0.29, 0.717) is 17.4 Å². The third kappa shape index (κ3) is 4.28. The predicted molar refractivity (Wildman–Crippen MR) is 122 cm³/mol. The molecule has 0 aliphatic carbocycles. The van der Waals surface area contributed by atoms with Gasteiger partial charge in [0.2, 0.25) is 0 Å². The number of hydrogen-bond acceptors (Lipinski definition) is 4. The summed E-state index contributed by atoms with van der Waals surface area (Å²) in [5, 5.41) is 0. The highest BCUT2D eigenvalue weighted by Crippen LogP contribution is 2.45. The summed E-state index contributed by atoms with van der Waals surface area (Å²) in [7, 11) is 0. The number of nitrogens with two attached hydrogens (primary N) is 1. The van der Waals surface area contributed by atoms with E-state index in [1.54, 1.807) is 12.3 Å². The second kappa shape index (κ2) is 9.23. The number of carbonyl (C=O) groups excluding carboxylic acids is 1. The molecule has 5 heteroatoms. The van der Waals surface area contributed by atoms with Gasteiger partial charge in [0.15, 0.2) is 0 Å². The summed E-state index contributed by atoms with van der Waals surface area (Å²) in [6.45, 7) is 6.22. The van der Waals surface area contributed by atoms with E-state index in [2.05, 4.69) is 30.9 Å². The lowest BCUT2D eigenvalue weighted by Crippen LogP contribution is -2.33. The zero-order valence-corrected chi connectivity index (χ0v) is 18.0. The molecule has 1 atom stereocenters. The number of ether oxygens (including phenoxy) is 1. The Morgan fingerprint density at radius 3 is 2.61 bits per heavy atom. The molecule has 0 saturated carbocycles. The van der Waals surface area contributed by atoms with E-state index in [4.69, 9.17) is 14.9 Å². The quantitative estimate of drug-likeness (QED) is 0.405. The van der Waals surface area contributed by atoms with Crippen LogP contribution in [0.5, 0.6) is 11.5 Å². The number of rotatable bonds is 8. The van der Waals surface area contributed by atoms with E-state index in [1.165, 1.54) is 5.56 Å². The van der Waals surface area contributed by atoms with Crippen molar-refractivity contribution in [1.29, 1.82) is 0 Å². The molecule has 3 aromatic rings. The van der Waals surface area contributed by atoms with Gasteiger partial charge in [-0.1, -0.05) is 50.3 Å². The highest BCUT2D eigenvalue weighted by atomic mass is 16.5. The first-order chi connectivity index (χ1) is 15.1. The lowest BCUT2D eigenvalue weighted by Gasteiger charge is -2.30. The Labute approximate surface area is 183 Å². The summed E-state index contributed by atoms with van der Waals surface area (Å²) in [4.78, 5) is 14.5. The van der Waals surface area contributed by atoms with Gasteiger partial charge in [-0.3, -0.25) is 9.69 Å². The molecular formula is C26H28N2O3. The second-order valence-electron chi connectivity index (χ2n) is 7.75. The zero-order valence-electron chi connectivity index (χ0n) is 18.0. The van der Waals surface area contributed by atoms with Crippen LogP contribution in [0.1, 0.15) is 53.7 Å². The smallest absolute Gasteiger partial charge is 0.252 e. The van der Waals surface area contributed by atoms with Crippen molar-refractivity contribution >= 4 is 11.5 Å². The monoisotopic (exact) mass is 416 g/mol. The maximum atomic E-state index is 12.0. The topological polar surface area (TPSA) is 68.7 Å². The summed E-state index contributed by atoms with van der Waals surface area (Å²) in [5.41, 5.74) is 10.2. The standard InChI is InChI=1S/C26H28N2O3/c1-3-19(28(4-2)16-18-14-15-30-17-18)12-13-20-21-8-5-6-11-24(21)31-25-22(20)9-7-10-23(25)26(27)29/h5-11,13-15,17,19H,3-4,12,16H2,1-2H3,(H2,27,29)/b20-13-. The van der Waals surface area contributed by atoms with Crippen LogP contribution in [0.2, 0.25) is 0 Å². The minimum Gasteiger partial charge on any atom is -0.472 e. The summed E-state index contributed by atoms with van der Waals surface area (Å²) >= 11 is 0. The number of primary amides is 1. The first kappa shape index (κ1) is 20.9. The van der Waals surface area contributed by atoms with Crippen molar-refractivity contribution < 1.29 is 13.9 Å². The molecule has 0 saturated heterocycles. The Morgan fingerprint density at radius 1 is 1.10 bits per heavy atom. The number of benzene rings is 2. The molecule has 0 radical (unpaired) electrons. The number of amides is 1. The fraction of sp³-hybridized carbons (Fsp3) is 0.269. The van der Waals surface area contributed by atoms with Crippen molar-refractivity contribution in [3.63, 3.8) is 0 Å². The van der Waals surface area contributed by atoms with Gasteiger partial charge in [0.1, 0.15) is 11.5 Å². The van der Waals surface area contributed by atoms with Crippen LogP contribution >= 0.6 is 0 Å². The van der Waals surface area contributed by atoms with Crippen molar-refractivity contribution in [1.82, 2.24) is 4.90 Å². The normalized spacial score (nSPS) is 14.7. The molecule has 160 valence electrons. The molecule has 1 aliphatic heterocycles. The number of fused-ring (bicyclic) bond motifs is 2. The van der Waals surface area contributed by atoms with Crippen LogP contribution in [0, 0.1) is 0 Å². The van der Waals surface area contributed by atoms with Crippen LogP contribution in [-0.4, -0.2) is 23.4 Å². The van der Waals surface area contributed by atoms with E-state index in [0.717, 1.165) is 48.4 Å². The third-order valence-corrected chi connectivity index (χ3v) is 5.91. The molecule has 0 bridgehead atoms. The molecule has 5 nitrogen and oxygen atoms in total. The van der Waals surface area contributed by atoms with Gasteiger partial charge in [-0.2, -0.15) is 0 Å². The summed E-state index contributed by atoms with van der Waals surface area (Å²) in [6, 6.07) is 15.9. The van der Waals surface area contributed by atoms with Crippen LogP contribution in [0.4, 0.5) is 0 Å². The van der Waals surface area contributed by atoms with Gasteiger partial charge in [0, 0.05) is 29.3 Å². The predicted octanol–water partition coefficient (Wildman–Crippen LogP) is 5.61. The first-order valence-electron chi connectivity index (χ1n) is 10.8. The first-order valence-corrected chi connectivity index (χ1v) is 10.8. The van der Waals surface area contributed by atoms with E-state index >= 15 is 0 Å². The average Bonchev–Trinajstić information content (AvgIpc) is 3.30. The highest BCUT2D eigenvalue weighted by Gasteiger charge is 2.26. The fourth-order valence-corrected chi connectivity index (χ4v) is 4.25. The van der Waals surface area contributed by atoms with Crippen LogP contribution in [0.3, 0.4) is 0 Å². The van der Waals surface area contributed by atoms with Gasteiger partial charge >= 0.3 is 0 Å². The van der Waals surface area contributed by atoms with Gasteiger partial charge in [-0.25, -0.2) is 0 Å². The molecule has 0 spiro atoms. The summed E-state index contributed by atoms with van der Waals surface area (Å²) < 4.78 is 11.4. The minimum absolute atomic E-state index is 0.380. The zero-order chi connectivity index (χ0) is 21.8. The Morgan fingerprint density at radius 2 is 1.90 bits per heavy atom. The molecule has 2 aromatic carbocycles. The molecule has 1 aromatic heterocycles. The number of carbonyl (C=O) groups is 1. The van der Waals surface area contributed by atoms with Crippen molar-refractivity contribution in [3.05, 3.63) is 89.4 Å². The van der Waals surface area contributed by atoms with E-state index in [1.807, 2.05) is 42.7 Å². The largest absolute Gasteiger partial charge is 0.472 e. The maximum absolute atomic E-state index is 12.0. The third-order valence-electron chi connectivity index (χ3n) is 5.91. The van der Waals surface area contributed by atoms with Crippen LogP contribution in [-0.2, 0) is 6.54 Å². The second-order valence-corrected chi connectivity index (χ2v) is 7.75. The molecule has 2 heterocycles. The molecule has 1 unspecified atom stereocenters. The Kier molecular flexibility index (Phi) is 6.23. The molecule has 1 amide bonds. The molecule has 0 fully saturated rings. The molecule has 4 rings (SSSR count). The van der Waals surface area contributed by atoms with Crippen LogP contribution in [0.25, 0.3) is 5.57 Å². The molecule has 2 N–H and O–H groups in total. The molecular weight excluding hydrogens is 388 g/mol. The fourth-order valence-electron chi connectivity index (χ4n) is 4.25. The Balaban J connectivity index is 1.69. The number of para-hydroxylation sites is 2. The van der Waals surface area contributed by atoms with Crippen molar-refractivity contribution in [2.75, 3.05) is 6.54 Å². The van der Waals surface area contributed by atoms with E-state index in [9.17, 15) is 4.79 Å². The summed E-state index contributed by atoms with van der Waals surface area (Å²) in [5.74, 6) is 0.798. The maximum Gasteiger partial charge on any atom is 0.252 e. The number of nitrogens with zero attached hydrogens (tertiary/aromatic N) is 1. The van der Waals surface area contributed by atoms with Crippen LogP contribution < -0.4 is 10.5 Å². The highest BCUT2D eigenvalue weighted by molar-refractivity contribution is 6.00. The molecule has 31 heavy (non-hydrogen) atoms. The minimum atomic E-state index is -0.487. The van der Waals surface area contributed by atoms with E-state index < -0.39 is 5.91 Å². The lowest BCUT2D eigenvalue weighted by atomic mass is 9.90. The van der Waals surface area contributed by atoms with Gasteiger partial charge in [0.25, 0.3) is 5.91 Å². The lowest BCUT2D eigenvalue weighted by molar-refractivity contribution is 0.0998. The van der Waals surface area contributed by atoms with Crippen molar-refractivity contribution in [2.45, 2.75) is 39.3 Å². The van der Waals surface area contributed by atoms with Gasteiger partial charge in [0.05, 0.1) is 18.1 Å². The number of furan rings is 1. The van der Waals surface area contributed by atoms with Crippen LogP contribution in [0.15, 0.2) is 71.6 Å². The van der Waals surface area contributed by atoms with Crippen molar-refractivity contribution in [3.8, 4) is 11.5 Å². The van der Waals surface area contributed by atoms with Gasteiger partial charge in [-0.15, -0.1) is 0 Å². The Bertz CT molecular complexity index is 1090. The van der Waals surface area contributed by atoms with Gasteiger partial charge < -0.3 is 14.9 Å².